The summed E-state index contributed by atoms with van der Waals surface area (Å²) in [5.74, 6) is 4.16. The van der Waals surface area contributed by atoms with E-state index in [2.05, 4.69) is 10.2 Å². The van der Waals surface area contributed by atoms with Gasteiger partial charge in [-0.15, -0.1) is 10.2 Å². The summed E-state index contributed by atoms with van der Waals surface area (Å²) in [7, 11) is 4.84. The van der Waals surface area contributed by atoms with Gasteiger partial charge >= 0.3 is 0 Å². The quantitative estimate of drug-likeness (QED) is 0.366. The zero-order valence-corrected chi connectivity index (χ0v) is 16.8. The minimum Gasteiger partial charge on any atom is -0.497 e. The van der Waals surface area contributed by atoms with Crippen LogP contribution in [0.1, 0.15) is 6.42 Å². The molecule has 1 heterocycles. The van der Waals surface area contributed by atoms with Crippen LogP contribution in [-0.2, 0) is 0 Å². The standard InChI is InChI=1S/C20H22N2O5S/c1-23-14-5-7-15(8-6-14)26-11-4-12-28-20-22-21-19(27-20)17-10-9-16(24-2)13-18(17)25-3/h5-10,13H,4,11-12H2,1-3H3. The summed E-state index contributed by atoms with van der Waals surface area (Å²) in [5, 5.41) is 8.71. The zero-order valence-electron chi connectivity index (χ0n) is 16.0. The molecule has 28 heavy (non-hydrogen) atoms. The Hall–Kier alpha value is -2.87. The van der Waals surface area contributed by atoms with Gasteiger partial charge in [0, 0.05) is 11.8 Å². The van der Waals surface area contributed by atoms with Crippen LogP contribution in [0.25, 0.3) is 11.5 Å². The Morgan fingerprint density at radius 1 is 0.857 bits per heavy atom. The molecule has 0 spiro atoms. The number of thioether (sulfide) groups is 1. The van der Waals surface area contributed by atoms with Gasteiger partial charge in [-0.05, 0) is 42.8 Å². The highest BCUT2D eigenvalue weighted by Gasteiger charge is 2.14. The van der Waals surface area contributed by atoms with Crippen molar-refractivity contribution in [2.75, 3.05) is 33.7 Å². The average Bonchev–Trinajstić information content (AvgIpc) is 3.22. The molecule has 0 aliphatic rings. The average molecular weight is 402 g/mol. The van der Waals surface area contributed by atoms with E-state index in [1.165, 1.54) is 11.8 Å². The van der Waals surface area contributed by atoms with Gasteiger partial charge in [-0.3, -0.25) is 0 Å². The SMILES string of the molecule is COc1ccc(OCCCSc2nnc(-c3ccc(OC)cc3OC)o2)cc1. The second kappa shape index (κ2) is 9.89. The van der Waals surface area contributed by atoms with E-state index < -0.39 is 0 Å². The van der Waals surface area contributed by atoms with Gasteiger partial charge in [0.15, 0.2) is 0 Å². The molecule has 3 aromatic rings. The van der Waals surface area contributed by atoms with Gasteiger partial charge in [-0.25, -0.2) is 0 Å². The zero-order chi connectivity index (χ0) is 19.8. The molecule has 148 valence electrons. The van der Waals surface area contributed by atoms with Crippen molar-refractivity contribution < 1.29 is 23.4 Å². The molecule has 0 atom stereocenters. The molecule has 3 rings (SSSR count). The summed E-state index contributed by atoms with van der Waals surface area (Å²) in [6.45, 7) is 0.604. The number of rotatable bonds is 10. The fourth-order valence-electron chi connectivity index (χ4n) is 2.43. The van der Waals surface area contributed by atoms with Crippen molar-refractivity contribution >= 4 is 11.8 Å². The van der Waals surface area contributed by atoms with Crippen LogP contribution in [0.3, 0.4) is 0 Å². The lowest BCUT2D eigenvalue weighted by molar-refractivity contribution is 0.317. The van der Waals surface area contributed by atoms with Gasteiger partial charge in [0.05, 0.1) is 33.5 Å². The first kappa shape index (κ1) is 19.9. The molecule has 8 heteroatoms. The Balaban J connectivity index is 1.48. The molecule has 0 saturated heterocycles. The normalized spacial score (nSPS) is 10.5. The molecule has 0 bridgehead atoms. The number of hydrogen-bond acceptors (Lipinski definition) is 8. The van der Waals surface area contributed by atoms with Gasteiger partial charge in [0.1, 0.15) is 23.0 Å². The van der Waals surface area contributed by atoms with E-state index >= 15 is 0 Å². The van der Waals surface area contributed by atoms with Gasteiger partial charge in [-0.1, -0.05) is 11.8 Å². The summed E-state index contributed by atoms with van der Waals surface area (Å²) >= 11 is 1.49. The lowest BCUT2D eigenvalue weighted by atomic mass is 10.2. The molecule has 0 N–H and O–H groups in total. The van der Waals surface area contributed by atoms with Crippen molar-refractivity contribution in [2.24, 2.45) is 0 Å². The van der Waals surface area contributed by atoms with Gasteiger partial charge in [0.2, 0.25) is 0 Å². The largest absolute Gasteiger partial charge is 0.497 e. The topological polar surface area (TPSA) is 75.8 Å². The van der Waals surface area contributed by atoms with E-state index in [0.29, 0.717) is 29.2 Å². The highest BCUT2D eigenvalue weighted by atomic mass is 32.2. The molecule has 1 aromatic heterocycles. The van der Waals surface area contributed by atoms with E-state index in [0.717, 1.165) is 29.2 Å². The molecule has 0 fully saturated rings. The third-order valence-electron chi connectivity index (χ3n) is 3.89. The molecule has 0 unspecified atom stereocenters. The minimum atomic E-state index is 0.413. The fourth-order valence-corrected chi connectivity index (χ4v) is 3.11. The highest BCUT2D eigenvalue weighted by molar-refractivity contribution is 7.99. The van der Waals surface area contributed by atoms with Crippen molar-refractivity contribution in [1.82, 2.24) is 10.2 Å². The van der Waals surface area contributed by atoms with Crippen LogP contribution in [-0.4, -0.2) is 43.9 Å². The Labute approximate surface area is 168 Å². The van der Waals surface area contributed by atoms with Gasteiger partial charge in [0.25, 0.3) is 11.1 Å². The van der Waals surface area contributed by atoms with Crippen molar-refractivity contribution in [2.45, 2.75) is 11.6 Å². The minimum absolute atomic E-state index is 0.413. The number of ether oxygens (including phenoxy) is 4. The maximum Gasteiger partial charge on any atom is 0.276 e. The van der Waals surface area contributed by atoms with Crippen molar-refractivity contribution in [3.8, 4) is 34.5 Å². The van der Waals surface area contributed by atoms with E-state index in [1.54, 1.807) is 27.4 Å². The molecule has 7 nitrogen and oxygen atoms in total. The second-order valence-electron chi connectivity index (χ2n) is 5.67. The molecule has 0 aliphatic carbocycles. The molecule has 0 amide bonds. The van der Waals surface area contributed by atoms with Crippen LogP contribution in [0, 0.1) is 0 Å². The molecule has 2 aromatic carbocycles. The summed E-state index contributed by atoms with van der Waals surface area (Å²) in [5.41, 5.74) is 0.727. The van der Waals surface area contributed by atoms with E-state index in [-0.39, 0.29) is 0 Å². The van der Waals surface area contributed by atoms with Crippen LogP contribution in [0.5, 0.6) is 23.0 Å². The van der Waals surface area contributed by atoms with Crippen LogP contribution in [0.4, 0.5) is 0 Å². The first-order valence-corrected chi connectivity index (χ1v) is 9.67. The first-order chi connectivity index (χ1) is 13.7. The predicted octanol–water partition coefficient (Wildman–Crippen LogP) is 4.32. The van der Waals surface area contributed by atoms with Crippen LogP contribution in [0.15, 0.2) is 52.1 Å². The fraction of sp³-hybridized carbons (Fsp3) is 0.300. The lowest BCUT2D eigenvalue weighted by Crippen LogP contribution is -1.98. The number of aromatic nitrogens is 2. The molecular weight excluding hydrogens is 380 g/mol. The Kier molecular flexibility index (Phi) is 7.02. The van der Waals surface area contributed by atoms with Crippen LogP contribution >= 0.6 is 11.8 Å². The monoisotopic (exact) mass is 402 g/mol. The predicted molar refractivity (Wildman–Crippen MR) is 107 cm³/mol. The lowest BCUT2D eigenvalue weighted by Gasteiger charge is -2.07. The number of hydrogen-bond donors (Lipinski definition) is 0. The Morgan fingerprint density at radius 2 is 1.57 bits per heavy atom. The van der Waals surface area contributed by atoms with Crippen LogP contribution in [0.2, 0.25) is 0 Å². The van der Waals surface area contributed by atoms with E-state index in [9.17, 15) is 0 Å². The molecule has 0 aliphatic heterocycles. The van der Waals surface area contributed by atoms with Crippen molar-refractivity contribution in [3.05, 3.63) is 42.5 Å². The Morgan fingerprint density at radius 3 is 2.29 bits per heavy atom. The van der Waals surface area contributed by atoms with E-state index in [4.69, 9.17) is 23.4 Å². The molecular formula is C20H22N2O5S. The summed E-state index contributed by atoms with van der Waals surface area (Å²) in [4.78, 5) is 0. The maximum atomic E-state index is 5.74. The highest BCUT2D eigenvalue weighted by Crippen LogP contribution is 2.33. The summed E-state index contributed by atoms with van der Waals surface area (Å²) in [6, 6.07) is 13.0. The molecule has 0 saturated carbocycles. The number of methoxy groups -OCH3 is 3. The number of nitrogens with zero attached hydrogens (tertiary/aromatic N) is 2. The summed E-state index contributed by atoms with van der Waals surface area (Å²) < 4.78 is 27.2. The van der Waals surface area contributed by atoms with Crippen molar-refractivity contribution in [1.29, 1.82) is 0 Å². The first-order valence-electron chi connectivity index (χ1n) is 8.69. The Bertz CT molecular complexity index is 883. The smallest absolute Gasteiger partial charge is 0.276 e. The number of benzene rings is 2. The van der Waals surface area contributed by atoms with Gasteiger partial charge < -0.3 is 23.4 Å². The third-order valence-corrected chi connectivity index (χ3v) is 4.79. The molecule has 0 radical (unpaired) electrons. The maximum absolute atomic E-state index is 5.74. The van der Waals surface area contributed by atoms with Crippen LogP contribution < -0.4 is 18.9 Å². The third kappa shape index (κ3) is 5.10. The van der Waals surface area contributed by atoms with Gasteiger partial charge in [-0.2, -0.15) is 0 Å². The van der Waals surface area contributed by atoms with E-state index in [1.807, 2.05) is 36.4 Å². The second-order valence-corrected chi connectivity index (χ2v) is 6.71. The van der Waals surface area contributed by atoms with Crippen molar-refractivity contribution in [3.63, 3.8) is 0 Å². The summed E-state index contributed by atoms with van der Waals surface area (Å²) in [6.07, 6.45) is 0.847.